The first kappa shape index (κ1) is 29.6. The fourth-order valence-corrected chi connectivity index (χ4v) is 4.66. The summed E-state index contributed by atoms with van der Waals surface area (Å²) >= 11 is 12.7. The second-order valence-corrected chi connectivity index (χ2v) is 9.93. The maximum Gasteiger partial charge on any atom is 0.411 e. The van der Waals surface area contributed by atoms with Gasteiger partial charge in [-0.3, -0.25) is 19.7 Å². The molecule has 2 bridgehead atoms. The number of ketones is 1. The van der Waals surface area contributed by atoms with Gasteiger partial charge in [-0.05, 0) is 61.7 Å². The van der Waals surface area contributed by atoms with Crippen LogP contribution in [0.3, 0.4) is 0 Å². The van der Waals surface area contributed by atoms with Crippen LogP contribution in [0.1, 0.15) is 47.9 Å². The summed E-state index contributed by atoms with van der Waals surface area (Å²) in [6.07, 6.45) is 7.89. The number of fused-ring (bicyclic) bond motifs is 4. The van der Waals surface area contributed by atoms with E-state index < -0.39 is 12.0 Å². The van der Waals surface area contributed by atoms with Crippen molar-refractivity contribution in [1.82, 2.24) is 9.97 Å². The van der Waals surface area contributed by atoms with Gasteiger partial charge in [0.15, 0.2) is 5.78 Å². The highest BCUT2D eigenvalue weighted by Crippen LogP contribution is 2.41. The number of methoxy groups -OCH3 is 1. The Hall–Kier alpha value is -4.41. The Labute approximate surface area is 246 Å². The Morgan fingerprint density at radius 1 is 1.05 bits per heavy atom. The maximum absolute atomic E-state index is 13.2. The standard InChI is InChI=1S/C29H27Cl2N5O5/c1-16(37)20-11-10-18(30)13-17(20)9-12-25(39)34-22-15-19(32-29(40)41-2)14-21-26(22)27-28(31)36-23(35-27)7-5-3-4-6-8-24(38)33-21/h3-4,9-15H,5-8H2,1-2H3,(H,32,40)(H,33,38)(H,34,39)(H,35,36). The molecule has 0 fully saturated rings. The molecule has 1 aliphatic heterocycles. The van der Waals surface area contributed by atoms with E-state index in [2.05, 4.69) is 25.9 Å². The summed E-state index contributed by atoms with van der Waals surface area (Å²) < 4.78 is 4.72. The van der Waals surface area contributed by atoms with E-state index in [4.69, 9.17) is 27.9 Å². The number of amides is 3. The van der Waals surface area contributed by atoms with E-state index >= 15 is 0 Å². The van der Waals surface area contributed by atoms with Crippen molar-refractivity contribution in [2.45, 2.75) is 32.6 Å². The highest BCUT2D eigenvalue weighted by molar-refractivity contribution is 6.32. The molecule has 12 heteroatoms. The lowest BCUT2D eigenvalue weighted by Gasteiger charge is -2.18. The molecule has 0 radical (unpaired) electrons. The van der Waals surface area contributed by atoms with Crippen LogP contribution in [0, 0.1) is 0 Å². The number of halogens is 2. The zero-order valence-corrected chi connectivity index (χ0v) is 23.8. The molecular weight excluding hydrogens is 569 g/mol. The molecule has 1 aromatic heterocycles. The summed E-state index contributed by atoms with van der Waals surface area (Å²) in [5.74, 6) is -0.415. The van der Waals surface area contributed by atoms with Crippen molar-refractivity contribution in [2.24, 2.45) is 0 Å². The Kier molecular flexibility index (Phi) is 9.59. The third-order valence-electron chi connectivity index (χ3n) is 6.11. The monoisotopic (exact) mass is 595 g/mol. The van der Waals surface area contributed by atoms with Gasteiger partial charge in [-0.1, -0.05) is 35.4 Å². The zero-order chi connectivity index (χ0) is 29.5. The minimum atomic E-state index is -0.749. The number of carbonyl (C=O) groups excluding carboxylic acids is 4. The van der Waals surface area contributed by atoms with Gasteiger partial charge in [-0.25, -0.2) is 9.78 Å². The van der Waals surface area contributed by atoms with Crippen molar-refractivity contribution < 1.29 is 23.9 Å². The number of aromatic nitrogens is 2. The minimum absolute atomic E-state index is 0.186. The number of allylic oxidation sites excluding steroid dienone is 2. The van der Waals surface area contributed by atoms with Crippen molar-refractivity contribution in [3.05, 3.63) is 75.7 Å². The van der Waals surface area contributed by atoms with Gasteiger partial charge in [0.2, 0.25) is 11.8 Å². The summed E-state index contributed by atoms with van der Waals surface area (Å²) in [6.45, 7) is 1.42. The van der Waals surface area contributed by atoms with Crippen LogP contribution in [0.15, 0.2) is 48.6 Å². The van der Waals surface area contributed by atoms with E-state index in [9.17, 15) is 19.2 Å². The molecule has 212 valence electrons. The Morgan fingerprint density at radius 2 is 1.80 bits per heavy atom. The van der Waals surface area contributed by atoms with Crippen molar-refractivity contribution in [2.75, 3.05) is 23.1 Å². The molecule has 41 heavy (non-hydrogen) atoms. The molecule has 1 aliphatic rings. The molecule has 2 heterocycles. The second-order valence-electron chi connectivity index (χ2n) is 9.12. The number of imidazole rings is 1. The van der Waals surface area contributed by atoms with Gasteiger partial charge in [-0.2, -0.15) is 0 Å². The van der Waals surface area contributed by atoms with E-state index in [1.807, 2.05) is 12.2 Å². The van der Waals surface area contributed by atoms with Crippen molar-refractivity contribution in [1.29, 1.82) is 0 Å². The molecule has 0 atom stereocenters. The molecule has 0 saturated carbocycles. The van der Waals surface area contributed by atoms with Gasteiger partial charge in [-0.15, -0.1) is 0 Å². The van der Waals surface area contributed by atoms with E-state index in [0.717, 1.165) is 0 Å². The summed E-state index contributed by atoms with van der Waals surface area (Å²) in [5, 5.41) is 8.82. The molecule has 4 N–H and O–H groups in total. The lowest BCUT2D eigenvalue weighted by Crippen LogP contribution is -2.16. The Bertz CT molecular complexity index is 1580. The molecular formula is C29H27Cl2N5O5. The predicted octanol–water partition coefficient (Wildman–Crippen LogP) is 6.64. The number of Topliss-reactive ketones (excluding diaryl/α,β-unsaturated/α-hetero) is 1. The fourth-order valence-electron chi connectivity index (χ4n) is 4.23. The van der Waals surface area contributed by atoms with Crippen LogP contribution in [0.4, 0.5) is 21.9 Å². The summed E-state index contributed by atoms with van der Waals surface area (Å²) in [6, 6.07) is 7.78. The van der Waals surface area contributed by atoms with Crippen LogP contribution in [0.25, 0.3) is 17.3 Å². The third-order valence-corrected chi connectivity index (χ3v) is 6.62. The Morgan fingerprint density at radius 3 is 2.54 bits per heavy atom. The minimum Gasteiger partial charge on any atom is -0.453 e. The topological polar surface area (TPSA) is 142 Å². The van der Waals surface area contributed by atoms with E-state index in [0.29, 0.717) is 52.5 Å². The van der Waals surface area contributed by atoms with Gasteiger partial charge >= 0.3 is 6.09 Å². The van der Waals surface area contributed by atoms with Crippen LogP contribution in [-0.2, 0) is 20.7 Å². The molecule has 0 aliphatic carbocycles. The largest absolute Gasteiger partial charge is 0.453 e. The van der Waals surface area contributed by atoms with E-state index in [-0.39, 0.29) is 40.3 Å². The number of rotatable bonds is 5. The Balaban J connectivity index is 1.80. The fraction of sp³-hybridized carbons (Fsp3) is 0.207. The molecule has 10 nitrogen and oxygen atoms in total. The van der Waals surface area contributed by atoms with Crippen LogP contribution < -0.4 is 16.0 Å². The number of H-pyrrole nitrogens is 1. The van der Waals surface area contributed by atoms with Crippen molar-refractivity contribution in [3.63, 3.8) is 0 Å². The molecule has 3 amide bonds. The van der Waals surface area contributed by atoms with Crippen LogP contribution >= 0.6 is 23.2 Å². The SMILES string of the molecule is COC(=O)Nc1cc(NC(=O)C=Cc2cc(Cl)ccc2C(C)=O)c2c(c1)NC(=O)CCC=CCCc1nc-2c(Cl)[nH]1. The number of carbonyl (C=O) groups is 4. The average Bonchev–Trinajstić information content (AvgIpc) is 3.28. The quantitative estimate of drug-likeness (QED) is 0.148. The van der Waals surface area contributed by atoms with Gasteiger partial charge < -0.3 is 20.4 Å². The first-order chi connectivity index (χ1) is 19.6. The summed E-state index contributed by atoms with van der Waals surface area (Å²) in [5.41, 5.74) is 2.21. The average molecular weight is 596 g/mol. The van der Waals surface area contributed by atoms with E-state index in [1.165, 1.54) is 38.3 Å². The molecule has 0 saturated heterocycles. The summed E-state index contributed by atoms with van der Waals surface area (Å²) in [4.78, 5) is 57.8. The number of hydrogen-bond acceptors (Lipinski definition) is 6. The second kappa shape index (κ2) is 13.3. The molecule has 2 aromatic carbocycles. The number of benzene rings is 2. The van der Waals surface area contributed by atoms with Gasteiger partial charge in [0, 0.05) is 35.2 Å². The van der Waals surface area contributed by atoms with Crippen molar-refractivity contribution >= 4 is 70.0 Å². The lowest BCUT2D eigenvalue weighted by molar-refractivity contribution is -0.116. The predicted molar refractivity (Wildman–Crippen MR) is 160 cm³/mol. The number of anilines is 3. The smallest absolute Gasteiger partial charge is 0.411 e. The number of nitrogens with one attached hydrogen (secondary N) is 4. The van der Waals surface area contributed by atoms with E-state index in [1.54, 1.807) is 18.2 Å². The molecule has 0 unspecified atom stereocenters. The zero-order valence-electron chi connectivity index (χ0n) is 22.3. The van der Waals surface area contributed by atoms with Crippen LogP contribution in [-0.4, -0.2) is 40.8 Å². The van der Waals surface area contributed by atoms with Crippen molar-refractivity contribution in [3.8, 4) is 11.3 Å². The molecule has 0 spiro atoms. The number of aryl methyl sites for hydroxylation is 1. The molecule has 3 aromatic rings. The number of nitrogens with zero attached hydrogens (tertiary/aromatic N) is 1. The normalized spacial score (nSPS) is 13.3. The first-order valence-electron chi connectivity index (χ1n) is 12.7. The maximum atomic E-state index is 13.2. The lowest BCUT2D eigenvalue weighted by atomic mass is 10.0. The van der Waals surface area contributed by atoms with Gasteiger partial charge in [0.25, 0.3) is 0 Å². The highest BCUT2D eigenvalue weighted by atomic mass is 35.5. The number of hydrogen-bond donors (Lipinski definition) is 4. The number of aromatic amines is 1. The third kappa shape index (κ3) is 7.62. The van der Waals surface area contributed by atoms with Crippen LogP contribution in [0.2, 0.25) is 10.2 Å². The first-order valence-corrected chi connectivity index (χ1v) is 13.4. The summed E-state index contributed by atoms with van der Waals surface area (Å²) in [7, 11) is 1.21. The van der Waals surface area contributed by atoms with Gasteiger partial charge in [0.05, 0.1) is 24.0 Å². The number of ether oxygens (including phenoxy) is 1. The highest BCUT2D eigenvalue weighted by Gasteiger charge is 2.22. The van der Waals surface area contributed by atoms with Gasteiger partial charge in [0.1, 0.15) is 16.7 Å². The van der Waals surface area contributed by atoms with Crippen LogP contribution in [0.5, 0.6) is 0 Å². The molecule has 4 rings (SSSR count).